The van der Waals surface area contributed by atoms with Gasteiger partial charge < -0.3 is 0 Å². The molecular formula is C13H18N2O3. The summed E-state index contributed by atoms with van der Waals surface area (Å²) < 4.78 is 0. The summed E-state index contributed by atoms with van der Waals surface area (Å²) in [4.78, 5) is 35.9. The third-order valence-electron chi connectivity index (χ3n) is 3.58. The number of barbiturate groups is 1. The van der Waals surface area contributed by atoms with Crippen LogP contribution >= 0.6 is 0 Å². The first kappa shape index (κ1) is 12.8. The molecule has 5 nitrogen and oxygen atoms in total. The largest absolute Gasteiger partial charge is 0.331 e. The van der Waals surface area contributed by atoms with Crippen molar-refractivity contribution in [2.75, 3.05) is 0 Å². The number of imide groups is 2. The van der Waals surface area contributed by atoms with Gasteiger partial charge in [-0.2, -0.15) is 0 Å². The molecule has 1 N–H and O–H groups in total. The summed E-state index contributed by atoms with van der Waals surface area (Å²) in [6, 6.07) is -0.663. The molecule has 1 atom stereocenters. The number of nitrogens with zero attached hydrogens (tertiary/aromatic N) is 1. The minimum atomic E-state index is -0.561. The van der Waals surface area contributed by atoms with E-state index < -0.39 is 11.9 Å². The van der Waals surface area contributed by atoms with Gasteiger partial charge in [-0.3, -0.25) is 19.8 Å². The van der Waals surface area contributed by atoms with Crippen LogP contribution in [0.25, 0.3) is 0 Å². The van der Waals surface area contributed by atoms with Gasteiger partial charge in [-0.25, -0.2) is 4.79 Å². The van der Waals surface area contributed by atoms with Crippen LogP contribution in [0.2, 0.25) is 0 Å². The zero-order valence-electron chi connectivity index (χ0n) is 10.6. The van der Waals surface area contributed by atoms with E-state index in [2.05, 4.69) is 18.3 Å². The van der Waals surface area contributed by atoms with Gasteiger partial charge in [0.1, 0.15) is 6.42 Å². The summed E-state index contributed by atoms with van der Waals surface area (Å²) in [5.74, 6) is -0.873. The average Bonchev–Trinajstić information content (AvgIpc) is 2.53. The number of rotatable bonds is 2. The fourth-order valence-corrected chi connectivity index (χ4v) is 2.57. The molecular weight excluding hydrogens is 232 g/mol. The Balaban J connectivity index is 2.11. The van der Waals surface area contributed by atoms with Crippen LogP contribution in [0.3, 0.4) is 0 Å². The first-order valence-electron chi connectivity index (χ1n) is 6.45. The number of nitrogens with one attached hydrogen (secondary N) is 1. The third kappa shape index (κ3) is 2.60. The molecule has 1 fully saturated rings. The van der Waals surface area contributed by atoms with E-state index in [-0.39, 0.29) is 18.4 Å². The lowest BCUT2D eigenvalue weighted by molar-refractivity contribution is -0.137. The van der Waals surface area contributed by atoms with Crippen molar-refractivity contribution in [2.24, 2.45) is 0 Å². The van der Waals surface area contributed by atoms with E-state index in [1.54, 1.807) is 0 Å². The van der Waals surface area contributed by atoms with Crippen molar-refractivity contribution in [3.8, 4) is 0 Å². The fourth-order valence-electron chi connectivity index (χ4n) is 2.57. The number of allylic oxidation sites excluding steroid dienone is 1. The summed E-state index contributed by atoms with van der Waals surface area (Å²) >= 11 is 0. The van der Waals surface area contributed by atoms with Gasteiger partial charge in [0.15, 0.2) is 0 Å². The first-order valence-corrected chi connectivity index (χ1v) is 6.45. The predicted molar refractivity (Wildman–Crippen MR) is 65.6 cm³/mol. The molecule has 0 bridgehead atoms. The van der Waals surface area contributed by atoms with Crippen LogP contribution in [0.5, 0.6) is 0 Å². The topological polar surface area (TPSA) is 66.5 Å². The average molecular weight is 250 g/mol. The molecule has 0 radical (unpaired) electrons. The third-order valence-corrected chi connectivity index (χ3v) is 3.58. The van der Waals surface area contributed by atoms with Crippen molar-refractivity contribution in [3.05, 3.63) is 11.6 Å². The van der Waals surface area contributed by atoms with Gasteiger partial charge in [0.2, 0.25) is 11.8 Å². The normalized spacial score (nSPS) is 25.6. The van der Waals surface area contributed by atoms with Crippen molar-refractivity contribution >= 4 is 17.8 Å². The van der Waals surface area contributed by atoms with Gasteiger partial charge in [-0.05, 0) is 32.1 Å². The lowest BCUT2D eigenvalue weighted by Crippen LogP contribution is -2.56. The molecule has 1 aliphatic carbocycles. The maximum Gasteiger partial charge on any atom is 0.331 e. The molecule has 1 aliphatic heterocycles. The maximum atomic E-state index is 11.8. The Morgan fingerprint density at radius 3 is 2.83 bits per heavy atom. The number of urea groups is 1. The Morgan fingerprint density at radius 2 is 2.17 bits per heavy atom. The molecule has 0 spiro atoms. The number of carbonyl (C=O) groups excluding carboxylic acids is 3. The Labute approximate surface area is 106 Å². The van der Waals surface area contributed by atoms with E-state index in [0.717, 1.165) is 25.7 Å². The highest BCUT2D eigenvalue weighted by molar-refractivity contribution is 6.14. The lowest BCUT2D eigenvalue weighted by atomic mass is 10.1. The fraction of sp³-hybridized carbons (Fsp3) is 0.615. The van der Waals surface area contributed by atoms with E-state index in [9.17, 15) is 14.4 Å². The molecule has 0 saturated carbocycles. The molecule has 98 valence electrons. The van der Waals surface area contributed by atoms with E-state index in [1.807, 2.05) is 0 Å². The van der Waals surface area contributed by atoms with Crippen molar-refractivity contribution in [1.29, 1.82) is 0 Å². The summed E-state index contributed by atoms with van der Waals surface area (Å²) in [7, 11) is 0. The van der Waals surface area contributed by atoms with Gasteiger partial charge >= 0.3 is 6.03 Å². The second-order valence-electron chi connectivity index (χ2n) is 4.79. The first-order chi connectivity index (χ1) is 8.61. The molecule has 1 heterocycles. The monoisotopic (exact) mass is 250 g/mol. The van der Waals surface area contributed by atoms with E-state index >= 15 is 0 Å². The van der Waals surface area contributed by atoms with Crippen LogP contribution in [0, 0.1) is 0 Å². The molecule has 0 aromatic heterocycles. The quantitative estimate of drug-likeness (QED) is 0.599. The van der Waals surface area contributed by atoms with Crippen LogP contribution in [0.1, 0.15) is 45.4 Å². The van der Waals surface area contributed by atoms with Gasteiger partial charge in [-0.1, -0.05) is 18.6 Å². The molecule has 2 aliphatic rings. The highest BCUT2D eigenvalue weighted by atomic mass is 16.2. The summed E-state index contributed by atoms with van der Waals surface area (Å²) in [5, 5.41) is 2.21. The van der Waals surface area contributed by atoms with E-state index in [1.165, 1.54) is 10.5 Å². The Bertz CT molecular complexity index is 394. The SMILES string of the molecule is CCC1=CCC(N2C(=O)CC(=O)NC2=O)CCC1. The zero-order valence-corrected chi connectivity index (χ0v) is 10.6. The second-order valence-corrected chi connectivity index (χ2v) is 4.79. The van der Waals surface area contributed by atoms with Gasteiger partial charge in [0.25, 0.3) is 0 Å². The summed E-state index contributed by atoms with van der Waals surface area (Å²) in [6.45, 7) is 2.11. The molecule has 4 amide bonds. The van der Waals surface area contributed by atoms with Gasteiger partial charge in [-0.15, -0.1) is 0 Å². The predicted octanol–water partition coefficient (Wildman–Crippen LogP) is 1.73. The minimum Gasteiger partial charge on any atom is -0.277 e. The van der Waals surface area contributed by atoms with E-state index in [4.69, 9.17) is 0 Å². The van der Waals surface area contributed by atoms with Crippen LogP contribution in [0.15, 0.2) is 11.6 Å². The Hall–Kier alpha value is -1.65. The Morgan fingerprint density at radius 1 is 1.39 bits per heavy atom. The molecule has 5 heteroatoms. The molecule has 1 saturated heterocycles. The van der Waals surface area contributed by atoms with Crippen LogP contribution in [-0.4, -0.2) is 28.8 Å². The highest BCUT2D eigenvalue weighted by Crippen LogP contribution is 2.24. The van der Waals surface area contributed by atoms with Crippen molar-refractivity contribution in [3.63, 3.8) is 0 Å². The van der Waals surface area contributed by atoms with Crippen molar-refractivity contribution < 1.29 is 14.4 Å². The number of hydrogen-bond acceptors (Lipinski definition) is 3. The molecule has 0 aromatic carbocycles. The standard InChI is InChI=1S/C13H18N2O3/c1-2-9-4-3-5-10(7-6-9)15-12(17)8-11(16)14-13(15)18/h6,10H,2-5,7-8H2,1H3,(H,14,16,18). The maximum absolute atomic E-state index is 11.8. The molecule has 18 heavy (non-hydrogen) atoms. The van der Waals surface area contributed by atoms with Gasteiger partial charge in [0.05, 0.1) is 0 Å². The van der Waals surface area contributed by atoms with Crippen molar-refractivity contribution in [1.82, 2.24) is 10.2 Å². The van der Waals surface area contributed by atoms with Gasteiger partial charge in [0, 0.05) is 6.04 Å². The second kappa shape index (κ2) is 5.33. The molecule has 0 aromatic rings. The summed E-state index contributed by atoms with van der Waals surface area (Å²) in [5.41, 5.74) is 1.39. The van der Waals surface area contributed by atoms with Crippen LogP contribution < -0.4 is 5.32 Å². The zero-order chi connectivity index (χ0) is 13.1. The van der Waals surface area contributed by atoms with Crippen LogP contribution in [-0.2, 0) is 9.59 Å². The van der Waals surface area contributed by atoms with Crippen molar-refractivity contribution in [2.45, 2.75) is 51.5 Å². The van der Waals surface area contributed by atoms with Crippen LogP contribution in [0.4, 0.5) is 4.79 Å². The number of hydrogen-bond donors (Lipinski definition) is 1. The lowest BCUT2D eigenvalue weighted by Gasteiger charge is -2.31. The highest BCUT2D eigenvalue weighted by Gasteiger charge is 2.35. The number of carbonyl (C=O) groups is 3. The summed E-state index contributed by atoms with van der Waals surface area (Å²) in [6.07, 6.45) is 6.47. The molecule has 2 rings (SSSR count). The molecule has 1 unspecified atom stereocenters. The minimum absolute atomic E-state index is 0.102. The smallest absolute Gasteiger partial charge is 0.277 e. The Kier molecular flexibility index (Phi) is 3.79. The number of amides is 4. The van der Waals surface area contributed by atoms with E-state index in [0.29, 0.717) is 6.42 Å².